The minimum atomic E-state index is -0.947. The number of para-hydroxylation sites is 1. The molecule has 0 aliphatic carbocycles. The maximum absolute atomic E-state index is 13.7. The SMILES string of the molecule is CC1CN(c2ccccc2C=C2SCCN(c3ccc(F)c(F)c3)C2=O)CC(C)N1C. The second-order valence-corrected chi connectivity index (χ2v) is 9.38. The fourth-order valence-corrected chi connectivity index (χ4v) is 5.12. The normalized spacial score (nSPS) is 24.2. The number of rotatable bonds is 3. The Bertz CT molecular complexity index is 1000. The average Bonchev–Trinajstić information content (AvgIpc) is 2.75. The standard InChI is InChI=1S/C24H27F2N3OS/c1-16-14-28(15-17(2)27(16)3)22-7-5-4-6-18(22)12-23-24(30)29(10-11-31-23)19-8-9-20(25)21(26)13-19/h4-9,12-13,16-17H,10-11,14-15H2,1-3H3. The van der Waals surface area contributed by atoms with Gasteiger partial charge in [-0.25, -0.2) is 8.78 Å². The number of likely N-dealkylation sites (N-methyl/N-ethyl adjacent to an activating group) is 1. The number of thioether (sulfide) groups is 1. The van der Waals surface area contributed by atoms with Gasteiger partial charge in [-0.15, -0.1) is 11.8 Å². The molecule has 31 heavy (non-hydrogen) atoms. The second kappa shape index (κ2) is 9.01. The Morgan fingerprint density at radius 2 is 1.74 bits per heavy atom. The van der Waals surface area contributed by atoms with Crippen LogP contribution in [0.5, 0.6) is 0 Å². The van der Waals surface area contributed by atoms with Crippen LogP contribution in [0.15, 0.2) is 47.4 Å². The molecule has 2 saturated heterocycles. The third kappa shape index (κ3) is 4.48. The second-order valence-electron chi connectivity index (χ2n) is 8.24. The van der Waals surface area contributed by atoms with Gasteiger partial charge in [-0.3, -0.25) is 9.69 Å². The Balaban J connectivity index is 1.63. The highest BCUT2D eigenvalue weighted by Crippen LogP contribution is 2.33. The minimum absolute atomic E-state index is 0.183. The molecule has 7 heteroatoms. The van der Waals surface area contributed by atoms with E-state index in [2.05, 4.69) is 36.8 Å². The third-order valence-corrected chi connectivity index (χ3v) is 7.16. The number of piperazine rings is 1. The van der Waals surface area contributed by atoms with Crippen molar-refractivity contribution in [3.63, 3.8) is 0 Å². The molecule has 2 aromatic carbocycles. The van der Waals surface area contributed by atoms with Crippen molar-refractivity contribution in [1.29, 1.82) is 0 Å². The predicted molar refractivity (Wildman–Crippen MR) is 124 cm³/mol. The highest BCUT2D eigenvalue weighted by atomic mass is 32.2. The lowest BCUT2D eigenvalue weighted by Gasteiger charge is -2.44. The average molecular weight is 444 g/mol. The molecule has 0 radical (unpaired) electrons. The minimum Gasteiger partial charge on any atom is -0.368 e. The number of carbonyl (C=O) groups is 1. The maximum Gasteiger partial charge on any atom is 0.264 e. The van der Waals surface area contributed by atoms with Gasteiger partial charge >= 0.3 is 0 Å². The van der Waals surface area contributed by atoms with E-state index in [0.717, 1.165) is 36.5 Å². The van der Waals surface area contributed by atoms with Crippen LogP contribution in [0.25, 0.3) is 6.08 Å². The summed E-state index contributed by atoms with van der Waals surface area (Å²) in [6, 6.07) is 12.6. The zero-order chi connectivity index (χ0) is 22.1. The molecule has 4 rings (SSSR count). The molecule has 0 spiro atoms. The number of benzene rings is 2. The van der Waals surface area contributed by atoms with E-state index >= 15 is 0 Å². The fourth-order valence-electron chi connectivity index (χ4n) is 4.19. The molecule has 2 atom stereocenters. The highest BCUT2D eigenvalue weighted by Gasteiger charge is 2.29. The van der Waals surface area contributed by atoms with E-state index in [1.165, 1.54) is 22.7 Å². The smallest absolute Gasteiger partial charge is 0.264 e. The summed E-state index contributed by atoms with van der Waals surface area (Å²) < 4.78 is 27.0. The molecule has 1 amide bonds. The molecule has 2 unspecified atom stereocenters. The summed E-state index contributed by atoms with van der Waals surface area (Å²) in [6.07, 6.45) is 1.93. The zero-order valence-corrected chi connectivity index (χ0v) is 18.8. The largest absolute Gasteiger partial charge is 0.368 e. The summed E-state index contributed by atoms with van der Waals surface area (Å²) >= 11 is 1.50. The molecule has 2 aromatic rings. The van der Waals surface area contributed by atoms with Crippen molar-refractivity contribution in [2.45, 2.75) is 25.9 Å². The lowest BCUT2D eigenvalue weighted by atomic mass is 10.1. The summed E-state index contributed by atoms with van der Waals surface area (Å²) in [6.45, 7) is 6.75. The summed E-state index contributed by atoms with van der Waals surface area (Å²) in [5.74, 6) is -1.35. The van der Waals surface area contributed by atoms with Gasteiger partial charge in [0, 0.05) is 54.9 Å². The number of nitrogens with zero attached hydrogens (tertiary/aromatic N) is 3. The fraction of sp³-hybridized carbons (Fsp3) is 0.375. The molecule has 0 saturated carbocycles. The molecule has 0 N–H and O–H groups in total. The van der Waals surface area contributed by atoms with Crippen LogP contribution in [0.2, 0.25) is 0 Å². The first kappa shape index (κ1) is 21.8. The van der Waals surface area contributed by atoms with E-state index in [0.29, 0.717) is 35.0 Å². The molecule has 4 nitrogen and oxygen atoms in total. The van der Waals surface area contributed by atoms with Gasteiger partial charge in [0.05, 0.1) is 4.91 Å². The molecule has 0 bridgehead atoms. The summed E-state index contributed by atoms with van der Waals surface area (Å²) in [7, 11) is 2.16. The van der Waals surface area contributed by atoms with E-state index in [1.54, 1.807) is 0 Å². The van der Waals surface area contributed by atoms with E-state index in [1.807, 2.05) is 24.3 Å². The third-order valence-electron chi connectivity index (χ3n) is 6.17. The molecule has 2 aliphatic heterocycles. The van der Waals surface area contributed by atoms with Crippen LogP contribution in [-0.2, 0) is 4.79 Å². The highest BCUT2D eigenvalue weighted by molar-refractivity contribution is 8.04. The Morgan fingerprint density at radius 3 is 2.45 bits per heavy atom. The van der Waals surface area contributed by atoms with Crippen molar-refractivity contribution < 1.29 is 13.6 Å². The summed E-state index contributed by atoms with van der Waals surface area (Å²) in [5, 5.41) is 0. The number of hydrogen-bond acceptors (Lipinski definition) is 4. The van der Waals surface area contributed by atoms with Crippen LogP contribution in [0.1, 0.15) is 19.4 Å². The van der Waals surface area contributed by atoms with E-state index in [4.69, 9.17) is 0 Å². The van der Waals surface area contributed by atoms with Crippen molar-refractivity contribution in [2.75, 3.05) is 42.2 Å². The van der Waals surface area contributed by atoms with Crippen LogP contribution in [-0.4, -0.2) is 55.3 Å². The Hall–Kier alpha value is -2.38. The van der Waals surface area contributed by atoms with Gasteiger partial charge in [0.15, 0.2) is 11.6 Å². The Morgan fingerprint density at radius 1 is 1.03 bits per heavy atom. The Labute approximate surface area is 186 Å². The topological polar surface area (TPSA) is 26.8 Å². The van der Waals surface area contributed by atoms with Gasteiger partial charge in [-0.1, -0.05) is 18.2 Å². The molecule has 2 heterocycles. The van der Waals surface area contributed by atoms with Gasteiger partial charge in [-0.05, 0) is 50.7 Å². The monoisotopic (exact) mass is 443 g/mol. The number of amides is 1. The van der Waals surface area contributed by atoms with Crippen LogP contribution < -0.4 is 9.80 Å². The van der Waals surface area contributed by atoms with Gasteiger partial charge in [0.1, 0.15) is 0 Å². The molecule has 2 aliphatic rings. The van der Waals surface area contributed by atoms with E-state index in [-0.39, 0.29) is 5.91 Å². The number of carbonyl (C=O) groups excluding carboxylic acids is 1. The van der Waals surface area contributed by atoms with Crippen molar-refractivity contribution in [3.8, 4) is 0 Å². The first-order chi connectivity index (χ1) is 14.8. The number of anilines is 2. The van der Waals surface area contributed by atoms with E-state index < -0.39 is 11.6 Å². The number of hydrogen-bond donors (Lipinski definition) is 0. The maximum atomic E-state index is 13.7. The van der Waals surface area contributed by atoms with Gasteiger partial charge in [0.2, 0.25) is 0 Å². The van der Waals surface area contributed by atoms with Crippen LogP contribution in [0.4, 0.5) is 20.2 Å². The van der Waals surface area contributed by atoms with Gasteiger partial charge in [0.25, 0.3) is 5.91 Å². The van der Waals surface area contributed by atoms with Crippen LogP contribution in [0.3, 0.4) is 0 Å². The molecule has 0 aromatic heterocycles. The lowest BCUT2D eigenvalue weighted by Crippen LogP contribution is -2.55. The summed E-state index contributed by atoms with van der Waals surface area (Å²) in [5.41, 5.74) is 2.49. The Kier molecular flexibility index (Phi) is 6.34. The quantitative estimate of drug-likeness (QED) is 0.647. The van der Waals surface area contributed by atoms with Crippen molar-refractivity contribution in [1.82, 2.24) is 4.90 Å². The van der Waals surface area contributed by atoms with Gasteiger partial charge < -0.3 is 9.80 Å². The zero-order valence-electron chi connectivity index (χ0n) is 18.0. The van der Waals surface area contributed by atoms with Crippen molar-refractivity contribution >= 4 is 35.1 Å². The van der Waals surface area contributed by atoms with Crippen molar-refractivity contribution in [2.24, 2.45) is 0 Å². The first-order valence-electron chi connectivity index (χ1n) is 10.5. The molecular weight excluding hydrogens is 416 g/mol. The van der Waals surface area contributed by atoms with E-state index in [9.17, 15) is 13.6 Å². The van der Waals surface area contributed by atoms with Crippen LogP contribution in [0, 0.1) is 11.6 Å². The predicted octanol–water partition coefficient (Wildman–Crippen LogP) is 4.61. The first-order valence-corrected chi connectivity index (χ1v) is 11.5. The lowest BCUT2D eigenvalue weighted by molar-refractivity contribution is -0.114. The molecule has 2 fully saturated rings. The van der Waals surface area contributed by atoms with Crippen molar-refractivity contribution in [3.05, 3.63) is 64.6 Å². The van der Waals surface area contributed by atoms with Gasteiger partial charge in [-0.2, -0.15) is 0 Å². The molecular formula is C24H27F2N3OS. The number of halogens is 2. The summed E-state index contributed by atoms with van der Waals surface area (Å²) in [4.78, 5) is 20.1. The van der Waals surface area contributed by atoms with Crippen LogP contribution >= 0.6 is 11.8 Å². The molecule has 164 valence electrons.